The molecule has 0 aliphatic carbocycles. The van der Waals surface area contributed by atoms with Crippen molar-refractivity contribution in [2.75, 3.05) is 5.32 Å². The number of amides is 2. The number of carbonyl (C=O) groups is 2. The first kappa shape index (κ1) is 21.8. The van der Waals surface area contributed by atoms with Crippen molar-refractivity contribution < 1.29 is 9.59 Å². The molecule has 32 heavy (non-hydrogen) atoms. The molecule has 0 spiro atoms. The summed E-state index contributed by atoms with van der Waals surface area (Å²) in [7, 11) is 0. The van der Waals surface area contributed by atoms with Crippen molar-refractivity contribution in [1.82, 2.24) is 9.88 Å². The number of halogens is 1. The smallest absolute Gasteiger partial charge is 0.278 e. The van der Waals surface area contributed by atoms with Crippen molar-refractivity contribution in [3.05, 3.63) is 100 Å². The van der Waals surface area contributed by atoms with Gasteiger partial charge < -0.3 is 5.32 Å². The van der Waals surface area contributed by atoms with Crippen LogP contribution in [0.4, 0.5) is 5.69 Å². The van der Waals surface area contributed by atoms with E-state index in [-0.39, 0.29) is 29.5 Å². The number of pyridine rings is 1. The normalized spacial score (nSPS) is 14.3. The molecule has 0 saturated carbocycles. The Labute approximate surface area is 192 Å². The molecular formula is C26H24ClN3O2. The fourth-order valence-corrected chi connectivity index (χ4v) is 3.72. The summed E-state index contributed by atoms with van der Waals surface area (Å²) < 4.78 is 0. The van der Waals surface area contributed by atoms with Crippen LogP contribution in [0.5, 0.6) is 0 Å². The lowest BCUT2D eigenvalue weighted by Crippen LogP contribution is -2.32. The van der Waals surface area contributed by atoms with Gasteiger partial charge in [0.2, 0.25) is 0 Å². The van der Waals surface area contributed by atoms with Gasteiger partial charge in [0.15, 0.2) is 0 Å². The molecule has 0 fully saturated rings. The Kier molecular flexibility index (Phi) is 5.85. The molecule has 6 heteroatoms. The highest BCUT2D eigenvalue weighted by Gasteiger charge is 2.39. The predicted octanol–water partition coefficient (Wildman–Crippen LogP) is 5.42. The third-order valence-corrected chi connectivity index (χ3v) is 5.64. The zero-order valence-electron chi connectivity index (χ0n) is 18.2. The van der Waals surface area contributed by atoms with Crippen molar-refractivity contribution in [1.29, 1.82) is 0 Å². The first-order valence-corrected chi connectivity index (χ1v) is 10.7. The third kappa shape index (κ3) is 4.43. The number of aromatic nitrogens is 1. The van der Waals surface area contributed by atoms with Crippen LogP contribution in [0, 0.1) is 0 Å². The van der Waals surface area contributed by atoms with Gasteiger partial charge >= 0.3 is 0 Å². The number of nitrogens with zero attached hydrogens (tertiary/aromatic N) is 2. The van der Waals surface area contributed by atoms with E-state index in [1.807, 2.05) is 30.3 Å². The van der Waals surface area contributed by atoms with Gasteiger partial charge in [-0.05, 0) is 52.4 Å². The van der Waals surface area contributed by atoms with Gasteiger partial charge in [-0.2, -0.15) is 0 Å². The summed E-state index contributed by atoms with van der Waals surface area (Å²) in [5.74, 6) is -0.723. The number of hydrogen-bond donors (Lipinski definition) is 1. The minimum Gasteiger partial charge on any atom is -0.350 e. The van der Waals surface area contributed by atoms with Gasteiger partial charge in [-0.15, -0.1) is 0 Å². The Hall–Kier alpha value is -3.44. The van der Waals surface area contributed by atoms with Crippen LogP contribution in [0.15, 0.2) is 78.8 Å². The Morgan fingerprint density at radius 2 is 1.62 bits per heavy atom. The van der Waals surface area contributed by atoms with E-state index in [2.05, 4.69) is 31.1 Å². The van der Waals surface area contributed by atoms with Crippen LogP contribution >= 0.6 is 11.6 Å². The van der Waals surface area contributed by atoms with E-state index >= 15 is 0 Å². The van der Waals surface area contributed by atoms with Crippen molar-refractivity contribution >= 4 is 34.7 Å². The third-order valence-electron chi connectivity index (χ3n) is 5.38. The van der Waals surface area contributed by atoms with Crippen LogP contribution in [0.25, 0.3) is 5.57 Å². The topological polar surface area (TPSA) is 62.3 Å². The average molecular weight is 446 g/mol. The maximum Gasteiger partial charge on any atom is 0.278 e. The van der Waals surface area contributed by atoms with Gasteiger partial charge in [0, 0.05) is 23.1 Å². The van der Waals surface area contributed by atoms with Gasteiger partial charge in [0.1, 0.15) is 5.70 Å². The quantitative estimate of drug-likeness (QED) is 0.532. The van der Waals surface area contributed by atoms with Gasteiger partial charge in [-0.1, -0.05) is 62.7 Å². The van der Waals surface area contributed by atoms with Crippen LogP contribution in [0.1, 0.15) is 37.5 Å². The van der Waals surface area contributed by atoms with Crippen LogP contribution in [0.2, 0.25) is 5.02 Å². The standard InChI is InChI=1S/C26H24ClN3O2/c1-26(2,3)19-8-12-21(13-9-19)29-23-22(18-6-10-20(27)11-7-18)24(31)30(25(23)32)16-17-5-4-14-28-15-17/h4-15,29H,16H2,1-3H3. The van der Waals surface area contributed by atoms with Crippen LogP contribution < -0.4 is 5.32 Å². The molecule has 1 aliphatic heterocycles. The largest absolute Gasteiger partial charge is 0.350 e. The zero-order chi connectivity index (χ0) is 22.9. The molecule has 1 aliphatic rings. The summed E-state index contributed by atoms with van der Waals surface area (Å²) >= 11 is 6.04. The number of anilines is 1. The maximum atomic E-state index is 13.3. The minimum atomic E-state index is -0.372. The van der Waals surface area contributed by atoms with E-state index in [1.165, 1.54) is 10.5 Å². The van der Waals surface area contributed by atoms with Crippen LogP contribution in [-0.2, 0) is 21.5 Å². The number of hydrogen-bond acceptors (Lipinski definition) is 4. The predicted molar refractivity (Wildman–Crippen MR) is 127 cm³/mol. The average Bonchev–Trinajstić information content (AvgIpc) is 2.99. The maximum absolute atomic E-state index is 13.3. The van der Waals surface area contributed by atoms with Crippen molar-refractivity contribution in [2.45, 2.75) is 32.7 Å². The summed E-state index contributed by atoms with van der Waals surface area (Å²) in [6.07, 6.45) is 3.31. The molecular weight excluding hydrogens is 422 g/mol. The second-order valence-electron chi connectivity index (χ2n) is 8.77. The molecule has 0 unspecified atom stereocenters. The molecule has 3 aromatic rings. The summed E-state index contributed by atoms with van der Waals surface area (Å²) in [5, 5.41) is 3.76. The number of benzene rings is 2. The molecule has 0 atom stereocenters. The molecule has 2 aromatic carbocycles. The highest BCUT2D eigenvalue weighted by molar-refractivity contribution is 6.36. The minimum absolute atomic E-state index is 0.0198. The lowest BCUT2D eigenvalue weighted by molar-refractivity contribution is -0.137. The molecule has 0 saturated heterocycles. The van der Waals surface area contributed by atoms with Crippen molar-refractivity contribution in [3.63, 3.8) is 0 Å². The monoisotopic (exact) mass is 445 g/mol. The van der Waals surface area contributed by atoms with E-state index < -0.39 is 0 Å². The van der Waals surface area contributed by atoms with Crippen LogP contribution in [0.3, 0.4) is 0 Å². The first-order valence-electron chi connectivity index (χ1n) is 10.4. The zero-order valence-corrected chi connectivity index (χ0v) is 19.0. The number of carbonyl (C=O) groups excluding carboxylic acids is 2. The Balaban J connectivity index is 1.71. The summed E-state index contributed by atoms with van der Waals surface area (Å²) in [6.45, 7) is 6.58. The molecule has 0 radical (unpaired) electrons. The molecule has 2 amide bonds. The summed E-state index contributed by atoms with van der Waals surface area (Å²) in [4.78, 5) is 32.0. The molecule has 4 rings (SSSR count). The first-order chi connectivity index (χ1) is 15.2. The number of imide groups is 1. The van der Waals surface area contributed by atoms with Gasteiger partial charge in [-0.3, -0.25) is 19.5 Å². The second-order valence-corrected chi connectivity index (χ2v) is 9.20. The van der Waals surface area contributed by atoms with Gasteiger partial charge in [0.05, 0.1) is 12.1 Å². The molecule has 1 aromatic heterocycles. The molecule has 0 bridgehead atoms. The molecule has 1 N–H and O–H groups in total. The van der Waals surface area contributed by atoms with E-state index in [9.17, 15) is 9.59 Å². The number of rotatable bonds is 5. The highest BCUT2D eigenvalue weighted by atomic mass is 35.5. The van der Waals surface area contributed by atoms with Crippen molar-refractivity contribution in [2.24, 2.45) is 0 Å². The SMILES string of the molecule is CC(C)(C)c1ccc(NC2=C(c3ccc(Cl)cc3)C(=O)N(Cc3cccnc3)C2=O)cc1. The Morgan fingerprint density at radius 3 is 2.22 bits per heavy atom. The van der Waals surface area contributed by atoms with E-state index in [0.717, 1.165) is 11.3 Å². The van der Waals surface area contributed by atoms with E-state index in [1.54, 1.807) is 42.7 Å². The Morgan fingerprint density at radius 1 is 0.938 bits per heavy atom. The fourth-order valence-electron chi connectivity index (χ4n) is 3.59. The fraction of sp³-hybridized carbons (Fsp3) is 0.192. The van der Waals surface area contributed by atoms with E-state index in [0.29, 0.717) is 16.2 Å². The number of nitrogens with one attached hydrogen (secondary N) is 1. The summed E-state index contributed by atoms with van der Waals surface area (Å²) in [5.41, 5.74) is 3.94. The van der Waals surface area contributed by atoms with Crippen LogP contribution in [-0.4, -0.2) is 21.7 Å². The molecule has 2 heterocycles. The van der Waals surface area contributed by atoms with Gasteiger partial charge in [-0.25, -0.2) is 0 Å². The summed E-state index contributed by atoms with van der Waals surface area (Å²) in [6, 6.07) is 18.4. The van der Waals surface area contributed by atoms with Gasteiger partial charge in [0.25, 0.3) is 11.8 Å². The lowest BCUT2D eigenvalue weighted by Gasteiger charge is -2.19. The molecule has 5 nitrogen and oxygen atoms in total. The highest BCUT2D eigenvalue weighted by Crippen LogP contribution is 2.32. The second kappa shape index (κ2) is 8.60. The molecule has 162 valence electrons. The Bertz CT molecular complexity index is 1180. The van der Waals surface area contributed by atoms with E-state index in [4.69, 9.17) is 11.6 Å². The van der Waals surface area contributed by atoms with Crippen molar-refractivity contribution in [3.8, 4) is 0 Å². The lowest BCUT2D eigenvalue weighted by atomic mass is 9.87.